The predicted molar refractivity (Wildman–Crippen MR) is 93.5 cm³/mol. The molecule has 3 atom stereocenters. The van der Waals surface area contributed by atoms with Crippen LogP contribution in [-0.2, 0) is 12.0 Å². The summed E-state index contributed by atoms with van der Waals surface area (Å²) < 4.78 is 0. The lowest BCUT2D eigenvalue weighted by atomic mass is 9.67. The van der Waals surface area contributed by atoms with Gasteiger partial charge in [-0.1, -0.05) is 48.9 Å². The Morgan fingerprint density at radius 1 is 1.13 bits per heavy atom. The lowest BCUT2D eigenvalue weighted by molar-refractivity contribution is 0.183. The first-order chi connectivity index (χ1) is 11.2. The molecule has 2 heteroatoms. The van der Waals surface area contributed by atoms with Crippen LogP contribution in [0.15, 0.2) is 54.6 Å². The molecule has 1 heterocycles. The molecule has 1 aliphatic carbocycles. The van der Waals surface area contributed by atoms with Crippen molar-refractivity contribution in [3.05, 3.63) is 65.7 Å². The van der Waals surface area contributed by atoms with Crippen molar-refractivity contribution in [1.29, 1.82) is 0 Å². The highest BCUT2D eigenvalue weighted by molar-refractivity contribution is 5.37. The third-order valence-corrected chi connectivity index (χ3v) is 6.16. The zero-order valence-electron chi connectivity index (χ0n) is 13.8. The Morgan fingerprint density at radius 3 is 2.74 bits per heavy atom. The minimum atomic E-state index is 0.205. The summed E-state index contributed by atoms with van der Waals surface area (Å²) in [5, 5.41) is 9.94. The van der Waals surface area contributed by atoms with Crippen molar-refractivity contribution < 1.29 is 5.11 Å². The Balaban J connectivity index is 1.67. The standard InChI is InChI=1S/C21H25NO/c1-16-21(18-9-5-11-20(23)13-18)12-6-10-19(14-21)22(16)15-17-7-3-2-4-8-17/h2-5,7-9,11,13,16,19,23H,6,10,12,14-15H2,1H3. The van der Waals surface area contributed by atoms with Gasteiger partial charge in [-0.25, -0.2) is 0 Å². The maximum absolute atomic E-state index is 9.94. The summed E-state index contributed by atoms with van der Waals surface area (Å²) >= 11 is 0. The van der Waals surface area contributed by atoms with Crippen molar-refractivity contribution in [1.82, 2.24) is 4.90 Å². The van der Waals surface area contributed by atoms with Crippen LogP contribution in [0.2, 0.25) is 0 Å². The molecule has 1 N–H and O–H groups in total. The number of phenolic OH excluding ortho intramolecular Hbond substituents is 1. The largest absolute Gasteiger partial charge is 0.508 e. The third-order valence-electron chi connectivity index (χ3n) is 6.16. The summed E-state index contributed by atoms with van der Waals surface area (Å²) in [5.74, 6) is 0.396. The van der Waals surface area contributed by atoms with E-state index < -0.39 is 0 Å². The number of hydrogen-bond donors (Lipinski definition) is 1. The Kier molecular flexibility index (Phi) is 3.65. The van der Waals surface area contributed by atoms with Gasteiger partial charge in [-0.3, -0.25) is 4.90 Å². The van der Waals surface area contributed by atoms with Crippen LogP contribution in [0.3, 0.4) is 0 Å². The zero-order chi connectivity index (χ0) is 15.9. The Morgan fingerprint density at radius 2 is 1.96 bits per heavy atom. The van der Waals surface area contributed by atoms with Crippen LogP contribution in [0.25, 0.3) is 0 Å². The quantitative estimate of drug-likeness (QED) is 0.904. The summed E-state index contributed by atoms with van der Waals surface area (Å²) in [6.07, 6.45) is 5.05. The second kappa shape index (κ2) is 5.68. The van der Waals surface area contributed by atoms with Crippen molar-refractivity contribution in [3.8, 4) is 5.75 Å². The lowest BCUT2D eigenvalue weighted by Gasteiger charge is -2.36. The molecular weight excluding hydrogens is 282 g/mol. The molecule has 2 fully saturated rings. The first kappa shape index (κ1) is 14.8. The van der Waals surface area contributed by atoms with Crippen molar-refractivity contribution in [2.24, 2.45) is 0 Å². The number of hydrogen-bond acceptors (Lipinski definition) is 2. The topological polar surface area (TPSA) is 23.5 Å². The van der Waals surface area contributed by atoms with E-state index in [1.54, 1.807) is 6.07 Å². The summed E-state index contributed by atoms with van der Waals surface area (Å²) in [4.78, 5) is 2.70. The molecule has 2 aliphatic rings. The van der Waals surface area contributed by atoms with Crippen molar-refractivity contribution in [2.75, 3.05) is 0 Å². The average molecular weight is 307 g/mol. The van der Waals surface area contributed by atoms with E-state index in [9.17, 15) is 5.11 Å². The molecule has 2 aromatic rings. The van der Waals surface area contributed by atoms with Gasteiger partial charge >= 0.3 is 0 Å². The van der Waals surface area contributed by atoms with E-state index in [1.807, 2.05) is 12.1 Å². The number of aromatic hydroxyl groups is 1. The average Bonchev–Trinajstić information content (AvgIpc) is 2.77. The summed E-state index contributed by atoms with van der Waals surface area (Å²) in [5.41, 5.74) is 2.93. The van der Waals surface area contributed by atoms with Crippen molar-refractivity contribution in [3.63, 3.8) is 0 Å². The second-order valence-corrected chi connectivity index (χ2v) is 7.29. The lowest BCUT2D eigenvalue weighted by Crippen LogP contribution is -2.39. The predicted octanol–water partition coefficient (Wildman–Crippen LogP) is 4.48. The molecular formula is C21H25NO. The van der Waals surface area contributed by atoms with Crippen LogP contribution in [0, 0.1) is 0 Å². The molecule has 4 rings (SSSR count). The molecule has 1 saturated heterocycles. The Labute approximate surface area is 138 Å². The molecule has 1 saturated carbocycles. The fourth-order valence-corrected chi connectivity index (χ4v) is 4.95. The summed E-state index contributed by atoms with van der Waals surface area (Å²) in [7, 11) is 0. The first-order valence-corrected chi connectivity index (χ1v) is 8.78. The van der Waals surface area contributed by atoms with E-state index >= 15 is 0 Å². The molecule has 2 bridgehead atoms. The molecule has 2 nitrogen and oxygen atoms in total. The normalized spacial score (nSPS) is 30.5. The molecule has 0 radical (unpaired) electrons. The van der Waals surface area contributed by atoms with E-state index in [4.69, 9.17) is 0 Å². The van der Waals surface area contributed by atoms with E-state index in [-0.39, 0.29) is 5.41 Å². The van der Waals surface area contributed by atoms with Gasteiger partial charge in [-0.05, 0) is 49.4 Å². The van der Waals surface area contributed by atoms with Gasteiger partial charge in [0.1, 0.15) is 5.75 Å². The van der Waals surface area contributed by atoms with Gasteiger partial charge in [0.15, 0.2) is 0 Å². The minimum Gasteiger partial charge on any atom is -0.508 e. The SMILES string of the molecule is CC1N(Cc2ccccc2)C2CCCC1(c1cccc(O)c1)C2. The molecule has 120 valence electrons. The van der Waals surface area contributed by atoms with E-state index in [0.29, 0.717) is 17.8 Å². The summed E-state index contributed by atoms with van der Waals surface area (Å²) in [6, 6.07) is 20.0. The molecule has 23 heavy (non-hydrogen) atoms. The van der Waals surface area contributed by atoms with Crippen LogP contribution < -0.4 is 0 Å². The molecule has 0 amide bonds. The second-order valence-electron chi connectivity index (χ2n) is 7.29. The highest BCUT2D eigenvalue weighted by atomic mass is 16.3. The molecule has 1 aliphatic heterocycles. The number of likely N-dealkylation sites (tertiary alicyclic amines) is 1. The molecule has 3 unspecified atom stereocenters. The Bertz CT molecular complexity index is 683. The van der Waals surface area contributed by atoms with Crippen LogP contribution >= 0.6 is 0 Å². The third kappa shape index (κ3) is 2.46. The fourth-order valence-electron chi connectivity index (χ4n) is 4.95. The minimum absolute atomic E-state index is 0.205. The molecule has 0 aromatic heterocycles. The van der Waals surface area contributed by atoms with Gasteiger partial charge in [0, 0.05) is 24.0 Å². The van der Waals surface area contributed by atoms with Crippen LogP contribution in [-0.4, -0.2) is 22.1 Å². The van der Waals surface area contributed by atoms with E-state index in [0.717, 1.165) is 6.54 Å². The number of benzene rings is 2. The van der Waals surface area contributed by atoms with Gasteiger partial charge in [-0.15, -0.1) is 0 Å². The van der Waals surface area contributed by atoms with E-state index in [2.05, 4.69) is 48.2 Å². The van der Waals surface area contributed by atoms with Gasteiger partial charge in [0.2, 0.25) is 0 Å². The van der Waals surface area contributed by atoms with Crippen LogP contribution in [0.5, 0.6) is 5.75 Å². The molecule has 2 aromatic carbocycles. The van der Waals surface area contributed by atoms with E-state index in [1.165, 1.54) is 36.8 Å². The monoisotopic (exact) mass is 307 g/mol. The maximum Gasteiger partial charge on any atom is 0.115 e. The smallest absolute Gasteiger partial charge is 0.115 e. The number of rotatable bonds is 3. The van der Waals surface area contributed by atoms with Crippen LogP contribution in [0.1, 0.15) is 43.7 Å². The molecule has 0 spiro atoms. The maximum atomic E-state index is 9.94. The number of nitrogens with zero attached hydrogens (tertiary/aromatic N) is 1. The van der Waals surface area contributed by atoms with Gasteiger partial charge in [-0.2, -0.15) is 0 Å². The highest BCUT2D eigenvalue weighted by Crippen LogP contribution is 2.52. The number of phenols is 1. The van der Waals surface area contributed by atoms with Gasteiger partial charge < -0.3 is 5.11 Å². The number of fused-ring (bicyclic) bond motifs is 2. The van der Waals surface area contributed by atoms with Crippen molar-refractivity contribution in [2.45, 2.75) is 56.7 Å². The fraction of sp³-hybridized carbons (Fsp3) is 0.429. The van der Waals surface area contributed by atoms with Gasteiger partial charge in [0.05, 0.1) is 0 Å². The Hall–Kier alpha value is -1.80. The van der Waals surface area contributed by atoms with Crippen molar-refractivity contribution >= 4 is 0 Å². The first-order valence-electron chi connectivity index (χ1n) is 8.78. The van der Waals surface area contributed by atoms with Crippen LogP contribution in [0.4, 0.5) is 0 Å². The summed E-state index contributed by atoms with van der Waals surface area (Å²) in [6.45, 7) is 3.42. The zero-order valence-corrected chi connectivity index (χ0v) is 13.8. The highest BCUT2D eigenvalue weighted by Gasteiger charge is 2.52. The van der Waals surface area contributed by atoms with Gasteiger partial charge in [0.25, 0.3) is 0 Å².